The van der Waals surface area contributed by atoms with Crippen molar-refractivity contribution in [2.75, 3.05) is 0 Å². The van der Waals surface area contributed by atoms with Crippen molar-refractivity contribution in [3.63, 3.8) is 0 Å². The van der Waals surface area contributed by atoms with E-state index in [0.29, 0.717) is 5.56 Å². The summed E-state index contributed by atoms with van der Waals surface area (Å²) in [5, 5.41) is 9.69. The topological polar surface area (TPSA) is 36.9 Å². The third-order valence-corrected chi connectivity index (χ3v) is 2.04. The number of nitriles is 1. The van der Waals surface area contributed by atoms with E-state index in [1.807, 2.05) is 25.1 Å². The summed E-state index contributed by atoms with van der Waals surface area (Å²) in [6, 6.07) is 9.54. The Hall–Kier alpha value is -1.75. The van der Waals surface area contributed by atoms with Crippen LogP contribution in [0.4, 0.5) is 0 Å². The fourth-order valence-electron chi connectivity index (χ4n) is 1.34. The minimum absolute atomic E-state index is 0.677. The van der Waals surface area contributed by atoms with Gasteiger partial charge in [0.15, 0.2) is 0 Å². The van der Waals surface area contributed by atoms with Crippen LogP contribution in [0.1, 0.15) is 18.2 Å². The lowest BCUT2D eigenvalue weighted by atomic mass is 10.2. The molecule has 1 aromatic carbocycles. The predicted molar refractivity (Wildman–Crippen MR) is 50.3 cm³/mol. The van der Waals surface area contributed by atoms with Gasteiger partial charge in [0.1, 0.15) is 11.3 Å². The number of fused-ring (bicyclic) bond motifs is 1. The summed E-state index contributed by atoms with van der Waals surface area (Å²) in [5.74, 6) is 0.963. The van der Waals surface area contributed by atoms with E-state index < -0.39 is 0 Å². The first-order valence-electron chi connectivity index (χ1n) is 4.26. The molecule has 13 heavy (non-hydrogen) atoms. The maximum Gasteiger partial charge on any atom is 0.134 e. The molecule has 0 bridgehead atoms. The molecule has 1 aromatic heterocycles. The first-order valence-corrected chi connectivity index (χ1v) is 4.26. The van der Waals surface area contributed by atoms with Gasteiger partial charge in [0.05, 0.1) is 11.6 Å². The summed E-state index contributed by atoms with van der Waals surface area (Å²) < 4.78 is 5.51. The number of hydrogen-bond acceptors (Lipinski definition) is 2. The molecule has 2 aromatic rings. The van der Waals surface area contributed by atoms with Gasteiger partial charge in [-0.1, -0.05) is 6.92 Å². The molecular formula is C11H9NO. The number of benzene rings is 1. The Bertz CT molecular complexity index is 476. The van der Waals surface area contributed by atoms with Crippen molar-refractivity contribution in [2.45, 2.75) is 13.3 Å². The van der Waals surface area contributed by atoms with E-state index in [0.717, 1.165) is 23.2 Å². The van der Waals surface area contributed by atoms with Crippen LogP contribution < -0.4 is 0 Å². The number of furan rings is 1. The zero-order chi connectivity index (χ0) is 9.26. The first-order chi connectivity index (χ1) is 6.33. The predicted octanol–water partition coefficient (Wildman–Crippen LogP) is 2.87. The van der Waals surface area contributed by atoms with E-state index in [1.54, 1.807) is 6.07 Å². The standard InChI is InChI=1S/C11H9NO/c1-2-10-6-9-5-8(7-12)3-4-11(9)13-10/h3-6H,2H2,1H3. The van der Waals surface area contributed by atoms with Crippen LogP contribution >= 0.6 is 0 Å². The lowest BCUT2D eigenvalue weighted by molar-refractivity contribution is 0.557. The zero-order valence-electron chi connectivity index (χ0n) is 7.37. The van der Waals surface area contributed by atoms with Gasteiger partial charge >= 0.3 is 0 Å². The Balaban J connectivity index is 2.65. The van der Waals surface area contributed by atoms with Gasteiger partial charge in [-0.25, -0.2) is 0 Å². The van der Waals surface area contributed by atoms with E-state index >= 15 is 0 Å². The Labute approximate surface area is 76.4 Å². The van der Waals surface area contributed by atoms with E-state index in [4.69, 9.17) is 9.68 Å². The highest BCUT2D eigenvalue weighted by molar-refractivity contribution is 5.79. The molecule has 0 aliphatic carbocycles. The van der Waals surface area contributed by atoms with Crippen LogP contribution in [0.5, 0.6) is 0 Å². The Morgan fingerprint density at radius 1 is 1.38 bits per heavy atom. The van der Waals surface area contributed by atoms with E-state index in [9.17, 15) is 0 Å². The molecule has 0 unspecified atom stereocenters. The number of aryl methyl sites for hydroxylation is 1. The summed E-state index contributed by atoms with van der Waals surface area (Å²) in [4.78, 5) is 0. The highest BCUT2D eigenvalue weighted by atomic mass is 16.3. The molecule has 0 radical (unpaired) electrons. The lowest BCUT2D eigenvalue weighted by Crippen LogP contribution is -1.70. The second-order valence-electron chi connectivity index (χ2n) is 2.93. The molecule has 0 saturated carbocycles. The number of hydrogen-bond donors (Lipinski definition) is 0. The highest BCUT2D eigenvalue weighted by Gasteiger charge is 2.02. The number of rotatable bonds is 1. The first kappa shape index (κ1) is 7.88. The van der Waals surface area contributed by atoms with Gasteiger partial charge in [0, 0.05) is 11.8 Å². The third kappa shape index (κ3) is 1.29. The molecule has 0 amide bonds. The Morgan fingerprint density at radius 3 is 2.92 bits per heavy atom. The van der Waals surface area contributed by atoms with Crippen LogP contribution in [0.25, 0.3) is 11.0 Å². The second-order valence-corrected chi connectivity index (χ2v) is 2.93. The molecule has 2 nitrogen and oxygen atoms in total. The van der Waals surface area contributed by atoms with Crippen molar-refractivity contribution in [1.82, 2.24) is 0 Å². The molecule has 0 aliphatic heterocycles. The smallest absolute Gasteiger partial charge is 0.134 e. The van der Waals surface area contributed by atoms with Gasteiger partial charge in [-0.05, 0) is 24.3 Å². The Kier molecular flexibility index (Phi) is 1.79. The van der Waals surface area contributed by atoms with Crippen molar-refractivity contribution in [3.05, 3.63) is 35.6 Å². The van der Waals surface area contributed by atoms with Gasteiger partial charge in [-0.2, -0.15) is 5.26 Å². The van der Waals surface area contributed by atoms with Crippen molar-refractivity contribution in [3.8, 4) is 6.07 Å². The van der Waals surface area contributed by atoms with Crippen molar-refractivity contribution >= 4 is 11.0 Å². The summed E-state index contributed by atoms with van der Waals surface area (Å²) in [5.41, 5.74) is 1.53. The molecule has 64 valence electrons. The molecule has 0 spiro atoms. The van der Waals surface area contributed by atoms with Gasteiger partial charge in [-0.3, -0.25) is 0 Å². The lowest BCUT2D eigenvalue weighted by Gasteiger charge is -1.87. The largest absolute Gasteiger partial charge is 0.461 e. The molecule has 0 atom stereocenters. The van der Waals surface area contributed by atoms with Crippen LogP contribution in [0, 0.1) is 11.3 Å². The second kappa shape index (κ2) is 2.95. The van der Waals surface area contributed by atoms with Crippen molar-refractivity contribution in [1.29, 1.82) is 5.26 Å². The van der Waals surface area contributed by atoms with E-state index in [-0.39, 0.29) is 0 Å². The van der Waals surface area contributed by atoms with Crippen molar-refractivity contribution < 1.29 is 4.42 Å². The summed E-state index contributed by atoms with van der Waals surface area (Å²) in [7, 11) is 0. The Morgan fingerprint density at radius 2 is 2.23 bits per heavy atom. The van der Waals surface area contributed by atoms with E-state index in [1.165, 1.54) is 0 Å². The third-order valence-electron chi connectivity index (χ3n) is 2.04. The van der Waals surface area contributed by atoms with Crippen molar-refractivity contribution in [2.24, 2.45) is 0 Å². The maximum absolute atomic E-state index is 8.68. The molecule has 0 fully saturated rings. The van der Waals surface area contributed by atoms with Gasteiger partial charge in [0.25, 0.3) is 0 Å². The molecule has 2 rings (SSSR count). The quantitative estimate of drug-likeness (QED) is 0.661. The molecule has 1 heterocycles. The monoisotopic (exact) mass is 171 g/mol. The summed E-state index contributed by atoms with van der Waals surface area (Å²) >= 11 is 0. The van der Waals surface area contributed by atoms with E-state index in [2.05, 4.69) is 6.07 Å². The van der Waals surface area contributed by atoms with Gasteiger partial charge in [0.2, 0.25) is 0 Å². The van der Waals surface area contributed by atoms with Gasteiger partial charge in [-0.15, -0.1) is 0 Å². The minimum Gasteiger partial charge on any atom is -0.461 e. The molecule has 0 aliphatic rings. The minimum atomic E-state index is 0.677. The molecule has 0 N–H and O–H groups in total. The SMILES string of the molecule is CCc1cc2cc(C#N)ccc2o1. The van der Waals surface area contributed by atoms with Crippen LogP contribution in [0.3, 0.4) is 0 Å². The average Bonchev–Trinajstić information content (AvgIpc) is 2.58. The van der Waals surface area contributed by atoms with Crippen LogP contribution in [-0.2, 0) is 6.42 Å². The fraction of sp³-hybridized carbons (Fsp3) is 0.182. The highest BCUT2D eigenvalue weighted by Crippen LogP contribution is 2.20. The van der Waals surface area contributed by atoms with Crippen LogP contribution in [0.2, 0.25) is 0 Å². The normalized spacial score (nSPS) is 10.2. The molecule has 2 heteroatoms. The maximum atomic E-state index is 8.68. The van der Waals surface area contributed by atoms with Gasteiger partial charge < -0.3 is 4.42 Å². The van der Waals surface area contributed by atoms with Crippen LogP contribution in [0.15, 0.2) is 28.7 Å². The zero-order valence-corrected chi connectivity index (χ0v) is 7.37. The number of nitrogens with zero attached hydrogens (tertiary/aromatic N) is 1. The summed E-state index contributed by atoms with van der Waals surface area (Å²) in [6.07, 6.45) is 0.885. The average molecular weight is 171 g/mol. The molecular weight excluding hydrogens is 162 g/mol. The summed E-state index contributed by atoms with van der Waals surface area (Å²) in [6.45, 7) is 2.04. The van der Waals surface area contributed by atoms with Crippen LogP contribution in [-0.4, -0.2) is 0 Å². The molecule has 0 saturated heterocycles. The fourth-order valence-corrected chi connectivity index (χ4v) is 1.34.